The Morgan fingerprint density at radius 1 is 1.16 bits per heavy atom. The van der Waals surface area contributed by atoms with Crippen molar-refractivity contribution in [2.24, 2.45) is 0 Å². The van der Waals surface area contributed by atoms with Crippen LogP contribution in [0.25, 0.3) is 0 Å². The van der Waals surface area contributed by atoms with E-state index < -0.39 is 24.7 Å². The molecule has 1 N–H and O–H groups in total. The summed E-state index contributed by atoms with van der Waals surface area (Å²) in [4.78, 5) is 27.3. The van der Waals surface area contributed by atoms with Gasteiger partial charge in [0.15, 0.2) is 11.5 Å². The number of methoxy groups -OCH3 is 1. The van der Waals surface area contributed by atoms with Gasteiger partial charge in [0.25, 0.3) is 0 Å². The van der Waals surface area contributed by atoms with Gasteiger partial charge >= 0.3 is 18.6 Å². The second-order valence-electron chi connectivity index (χ2n) is 6.96. The molecule has 1 atom stereocenters. The summed E-state index contributed by atoms with van der Waals surface area (Å²) < 4.78 is 40.2. The van der Waals surface area contributed by atoms with Gasteiger partial charge in [-0.3, -0.25) is 4.90 Å². The van der Waals surface area contributed by atoms with Crippen molar-refractivity contribution in [1.82, 2.24) is 10.2 Å². The number of hydrogen-bond donors (Lipinski definition) is 1. The van der Waals surface area contributed by atoms with E-state index in [0.29, 0.717) is 11.3 Å². The highest BCUT2D eigenvalue weighted by molar-refractivity contribution is 5.95. The molecule has 0 saturated heterocycles. The Morgan fingerprint density at radius 2 is 1.88 bits per heavy atom. The van der Waals surface area contributed by atoms with Gasteiger partial charge in [-0.05, 0) is 37.1 Å². The third-order valence-electron chi connectivity index (χ3n) is 5.01. The molecular formula is C23H24F2N2O5. The minimum Gasteiger partial charge on any atom is -0.493 e. The van der Waals surface area contributed by atoms with Crippen LogP contribution in [0.2, 0.25) is 0 Å². The summed E-state index contributed by atoms with van der Waals surface area (Å²) in [6, 6.07) is 12.3. The van der Waals surface area contributed by atoms with Crippen LogP contribution in [0.1, 0.15) is 31.0 Å². The normalized spacial score (nSPS) is 16.1. The fourth-order valence-electron chi connectivity index (χ4n) is 3.52. The second kappa shape index (κ2) is 10.1. The van der Waals surface area contributed by atoms with Crippen molar-refractivity contribution in [3.05, 3.63) is 70.9 Å². The summed E-state index contributed by atoms with van der Waals surface area (Å²) in [5.74, 6) is -0.693. The van der Waals surface area contributed by atoms with E-state index in [1.54, 1.807) is 13.8 Å². The number of hydrogen-bond acceptors (Lipinski definition) is 5. The van der Waals surface area contributed by atoms with Gasteiger partial charge in [-0.1, -0.05) is 36.4 Å². The lowest BCUT2D eigenvalue weighted by atomic mass is 9.94. The Morgan fingerprint density at radius 3 is 2.50 bits per heavy atom. The number of nitrogens with zero attached hydrogens (tertiary/aromatic N) is 1. The van der Waals surface area contributed by atoms with Crippen molar-refractivity contribution < 1.29 is 32.6 Å². The molecule has 7 nitrogen and oxygen atoms in total. The van der Waals surface area contributed by atoms with E-state index in [0.717, 1.165) is 5.56 Å². The molecule has 3 rings (SSSR count). The highest BCUT2D eigenvalue weighted by Gasteiger charge is 2.36. The van der Waals surface area contributed by atoms with Gasteiger partial charge in [-0.15, -0.1) is 0 Å². The minimum atomic E-state index is -3.02. The molecule has 2 amide bonds. The Kier molecular flexibility index (Phi) is 7.29. The van der Waals surface area contributed by atoms with Crippen LogP contribution in [0.15, 0.2) is 59.8 Å². The monoisotopic (exact) mass is 446 g/mol. The van der Waals surface area contributed by atoms with Crippen molar-refractivity contribution in [3.63, 3.8) is 0 Å². The molecule has 0 aliphatic carbocycles. The average molecular weight is 446 g/mol. The number of esters is 1. The lowest BCUT2D eigenvalue weighted by Gasteiger charge is -2.35. The first-order valence-electron chi connectivity index (χ1n) is 9.98. The van der Waals surface area contributed by atoms with Crippen molar-refractivity contribution in [3.8, 4) is 11.5 Å². The fraction of sp³-hybridized carbons (Fsp3) is 0.304. The van der Waals surface area contributed by atoms with Gasteiger partial charge in [-0.2, -0.15) is 8.78 Å². The van der Waals surface area contributed by atoms with Crippen LogP contribution in [0, 0.1) is 0 Å². The number of amides is 2. The number of rotatable bonds is 8. The van der Waals surface area contributed by atoms with Crippen LogP contribution in [0.5, 0.6) is 11.5 Å². The van der Waals surface area contributed by atoms with Crippen LogP contribution >= 0.6 is 0 Å². The molecule has 1 unspecified atom stereocenters. The summed E-state index contributed by atoms with van der Waals surface area (Å²) in [7, 11) is 1.31. The Labute approximate surface area is 184 Å². The molecule has 0 bridgehead atoms. The summed E-state index contributed by atoms with van der Waals surface area (Å²) in [5, 5.41) is 2.82. The maximum atomic E-state index is 13.0. The summed E-state index contributed by atoms with van der Waals surface area (Å²) in [6.07, 6.45) is 0. The zero-order valence-electron chi connectivity index (χ0n) is 17.9. The third kappa shape index (κ3) is 4.99. The van der Waals surface area contributed by atoms with Gasteiger partial charge in [0, 0.05) is 5.70 Å². The summed E-state index contributed by atoms with van der Waals surface area (Å²) in [6.45, 7) is 0.753. The maximum Gasteiger partial charge on any atom is 0.387 e. The smallest absolute Gasteiger partial charge is 0.387 e. The number of urea groups is 1. The van der Waals surface area contributed by atoms with Gasteiger partial charge < -0.3 is 19.5 Å². The fourth-order valence-corrected chi connectivity index (χ4v) is 3.52. The highest BCUT2D eigenvalue weighted by atomic mass is 19.3. The third-order valence-corrected chi connectivity index (χ3v) is 5.01. The quantitative estimate of drug-likeness (QED) is 0.609. The molecule has 170 valence electrons. The predicted molar refractivity (Wildman–Crippen MR) is 112 cm³/mol. The Balaban J connectivity index is 2.03. The molecule has 0 spiro atoms. The number of allylic oxidation sites excluding steroid dienone is 1. The lowest BCUT2D eigenvalue weighted by molar-refractivity contribution is -0.139. The van der Waals surface area contributed by atoms with E-state index in [2.05, 4.69) is 10.1 Å². The molecule has 32 heavy (non-hydrogen) atoms. The number of halogens is 2. The molecule has 0 fully saturated rings. The highest BCUT2D eigenvalue weighted by Crippen LogP contribution is 2.37. The van der Waals surface area contributed by atoms with Crippen molar-refractivity contribution in [2.75, 3.05) is 13.7 Å². The molecule has 1 aliphatic heterocycles. The van der Waals surface area contributed by atoms with Crippen LogP contribution in [0.3, 0.4) is 0 Å². The van der Waals surface area contributed by atoms with Crippen molar-refractivity contribution in [2.45, 2.75) is 33.0 Å². The SMILES string of the molecule is CCOC(=O)C1=C(C)N(Cc2ccccc2)C(=O)NC1c1ccc(OC(F)F)c(OC)c1. The molecule has 0 radical (unpaired) electrons. The van der Waals surface area contributed by atoms with Crippen LogP contribution in [-0.2, 0) is 16.1 Å². The predicted octanol–water partition coefficient (Wildman–Crippen LogP) is 4.40. The standard InChI is InChI=1S/C23H24F2N2O5/c1-4-31-21(28)19-14(2)27(13-15-8-6-5-7-9-15)23(29)26-20(19)16-10-11-17(32-22(24)25)18(12-16)30-3/h5-12,20,22H,4,13H2,1-3H3,(H,26,29). The van der Waals surface area contributed by atoms with Crippen molar-refractivity contribution in [1.29, 1.82) is 0 Å². The minimum absolute atomic E-state index is 0.0460. The topological polar surface area (TPSA) is 77.1 Å². The number of carbonyl (C=O) groups is 2. The van der Waals surface area contributed by atoms with E-state index in [-0.39, 0.29) is 30.2 Å². The molecule has 1 aliphatic rings. The Bertz CT molecular complexity index is 1010. The molecular weight excluding hydrogens is 422 g/mol. The second-order valence-corrected chi connectivity index (χ2v) is 6.96. The van der Waals surface area contributed by atoms with E-state index >= 15 is 0 Å². The number of nitrogens with one attached hydrogen (secondary N) is 1. The van der Waals surface area contributed by atoms with E-state index in [4.69, 9.17) is 9.47 Å². The first-order chi connectivity index (χ1) is 15.3. The number of alkyl halides is 2. The van der Waals surface area contributed by atoms with E-state index in [1.165, 1.54) is 30.2 Å². The van der Waals surface area contributed by atoms with Gasteiger partial charge in [0.05, 0.1) is 31.9 Å². The molecule has 9 heteroatoms. The zero-order chi connectivity index (χ0) is 23.3. The maximum absolute atomic E-state index is 13.0. The molecule has 0 aromatic heterocycles. The lowest BCUT2D eigenvalue weighted by Crippen LogP contribution is -2.47. The van der Waals surface area contributed by atoms with Crippen LogP contribution in [0.4, 0.5) is 13.6 Å². The van der Waals surface area contributed by atoms with Gasteiger partial charge in [0.1, 0.15) is 0 Å². The van der Waals surface area contributed by atoms with Gasteiger partial charge in [0.2, 0.25) is 0 Å². The molecule has 2 aromatic rings. The van der Waals surface area contributed by atoms with Gasteiger partial charge in [-0.25, -0.2) is 9.59 Å². The molecule has 1 heterocycles. The number of ether oxygens (including phenoxy) is 3. The van der Waals surface area contributed by atoms with Crippen LogP contribution < -0.4 is 14.8 Å². The number of carbonyl (C=O) groups excluding carboxylic acids is 2. The summed E-state index contributed by atoms with van der Waals surface area (Å²) >= 11 is 0. The molecule has 0 saturated carbocycles. The average Bonchev–Trinajstić information content (AvgIpc) is 2.77. The zero-order valence-corrected chi connectivity index (χ0v) is 17.9. The number of benzene rings is 2. The van der Waals surface area contributed by atoms with Crippen molar-refractivity contribution >= 4 is 12.0 Å². The molecule has 2 aromatic carbocycles. The summed E-state index contributed by atoms with van der Waals surface area (Å²) in [5.41, 5.74) is 2.03. The first-order valence-corrected chi connectivity index (χ1v) is 9.98. The van der Waals surface area contributed by atoms with E-state index in [1.807, 2.05) is 30.3 Å². The first kappa shape index (κ1) is 23.1. The Hall–Kier alpha value is -3.62. The largest absolute Gasteiger partial charge is 0.493 e. The van der Waals surface area contributed by atoms with Crippen LogP contribution in [-0.4, -0.2) is 37.2 Å². The van der Waals surface area contributed by atoms with E-state index in [9.17, 15) is 18.4 Å².